The Morgan fingerprint density at radius 2 is 2.16 bits per heavy atom. The topological polar surface area (TPSA) is 97.5 Å². The lowest BCUT2D eigenvalue weighted by Gasteiger charge is -2.27. The fourth-order valence-corrected chi connectivity index (χ4v) is 3.92. The molecule has 1 aliphatic rings. The van der Waals surface area contributed by atoms with E-state index in [0.29, 0.717) is 34.6 Å². The predicted octanol–water partition coefficient (Wildman–Crippen LogP) is 4.93. The second-order valence-corrected chi connectivity index (χ2v) is 7.87. The van der Waals surface area contributed by atoms with Crippen molar-refractivity contribution in [1.82, 2.24) is 15.5 Å². The largest absolute Gasteiger partial charge is 0.489 e. The molecule has 1 unspecified atom stereocenters. The number of benzene rings is 2. The Labute approximate surface area is 191 Å². The van der Waals surface area contributed by atoms with Gasteiger partial charge in [-0.25, -0.2) is 0 Å². The third kappa shape index (κ3) is 5.01. The van der Waals surface area contributed by atoms with Gasteiger partial charge < -0.3 is 19.7 Å². The van der Waals surface area contributed by atoms with Gasteiger partial charge in [-0.1, -0.05) is 35.0 Å². The summed E-state index contributed by atoms with van der Waals surface area (Å²) in [6, 6.07) is 10.9. The summed E-state index contributed by atoms with van der Waals surface area (Å²) in [6.07, 6.45) is 0.808. The first-order chi connectivity index (χ1) is 14.4. The van der Waals surface area contributed by atoms with Crippen molar-refractivity contribution < 1.29 is 19.2 Å². The van der Waals surface area contributed by atoms with E-state index in [2.05, 4.69) is 15.5 Å². The third-order valence-corrected chi connectivity index (χ3v) is 5.24. The summed E-state index contributed by atoms with van der Waals surface area (Å²) in [5.74, 6) is 0.590. The summed E-state index contributed by atoms with van der Waals surface area (Å²) in [5.41, 5.74) is 3.56. The van der Waals surface area contributed by atoms with Crippen LogP contribution in [0.15, 0.2) is 40.9 Å². The van der Waals surface area contributed by atoms with E-state index in [1.54, 1.807) is 12.1 Å². The van der Waals surface area contributed by atoms with Gasteiger partial charge in [0.15, 0.2) is 0 Å². The summed E-state index contributed by atoms with van der Waals surface area (Å²) in [4.78, 5) is 15.8. The monoisotopic (exact) mass is 463 g/mol. The van der Waals surface area contributed by atoms with Crippen molar-refractivity contribution >= 4 is 30.0 Å². The molecule has 9 heteroatoms. The Balaban J connectivity index is 0.00000272. The van der Waals surface area contributed by atoms with Gasteiger partial charge in [-0.05, 0) is 56.1 Å². The molecule has 164 valence electrons. The molecule has 2 heterocycles. The van der Waals surface area contributed by atoms with E-state index in [-0.39, 0.29) is 31.0 Å². The highest BCUT2D eigenvalue weighted by Gasteiger charge is 2.25. The SMILES string of the molecule is CC(C)Oc1ccc(-c2nc(-c3cccc4c3CCNC4CC(=O)O)no2)cc1Cl.Cl. The van der Waals surface area contributed by atoms with E-state index in [9.17, 15) is 9.90 Å². The Kier molecular flexibility index (Phi) is 7.20. The minimum Gasteiger partial charge on any atom is -0.489 e. The van der Waals surface area contributed by atoms with Gasteiger partial charge in [0.1, 0.15) is 5.75 Å². The van der Waals surface area contributed by atoms with E-state index in [1.807, 2.05) is 38.1 Å². The molecule has 2 N–H and O–H groups in total. The second-order valence-electron chi connectivity index (χ2n) is 7.46. The van der Waals surface area contributed by atoms with E-state index in [4.69, 9.17) is 20.9 Å². The fourth-order valence-electron chi connectivity index (χ4n) is 3.69. The highest BCUT2D eigenvalue weighted by Crippen LogP contribution is 2.34. The molecule has 0 amide bonds. The Morgan fingerprint density at radius 1 is 1.35 bits per heavy atom. The van der Waals surface area contributed by atoms with Crippen LogP contribution >= 0.6 is 24.0 Å². The maximum Gasteiger partial charge on any atom is 0.305 e. The lowest BCUT2D eigenvalue weighted by atomic mass is 9.89. The molecule has 1 aliphatic heterocycles. The number of nitrogens with one attached hydrogen (secondary N) is 1. The first-order valence-corrected chi connectivity index (χ1v) is 10.2. The minimum absolute atomic E-state index is 0. The van der Waals surface area contributed by atoms with Gasteiger partial charge >= 0.3 is 5.97 Å². The smallest absolute Gasteiger partial charge is 0.305 e. The van der Waals surface area contributed by atoms with Crippen LogP contribution in [0.1, 0.15) is 37.4 Å². The van der Waals surface area contributed by atoms with Crippen LogP contribution in [0.2, 0.25) is 5.02 Å². The summed E-state index contributed by atoms with van der Waals surface area (Å²) in [7, 11) is 0. The fraction of sp³-hybridized carbons (Fsp3) is 0.318. The van der Waals surface area contributed by atoms with Crippen LogP contribution in [0.4, 0.5) is 0 Å². The number of hydrogen-bond acceptors (Lipinski definition) is 6. The lowest BCUT2D eigenvalue weighted by molar-refractivity contribution is -0.137. The average molecular weight is 464 g/mol. The van der Waals surface area contributed by atoms with Crippen molar-refractivity contribution in [2.24, 2.45) is 0 Å². The van der Waals surface area contributed by atoms with Crippen LogP contribution in [0.25, 0.3) is 22.8 Å². The number of aliphatic carboxylic acids is 1. The number of fused-ring (bicyclic) bond motifs is 1. The first kappa shape index (κ1) is 23.1. The van der Waals surface area contributed by atoms with Crippen molar-refractivity contribution in [1.29, 1.82) is 0 Å². The highest BCUT2D eigenvalue weighted by molar-refractivity contribution is 6.32. The predicted molar refractivity (Wildman–Crippen MR) is 120 cm³/mol. The molecule has 0 saturated heterocycles. The van der Waals surface area contributed by atoms with Crippen molar-refractivity contribution in [3.63, 3.8) is 0 Å². The van der Waals surface area contributed by atoms with Gasteiger partial charge in [-0.2, -0.15) is 4.98 Å². The maximum absolute atomic E-state index is 11.2. The summed E-state index contributed by atoms with van der Waals surface area (Å²) in [5, 5.41) is 17.1. The van der Waals surface area contributed by atoms with Gasteiger partial charge in [-0.3, -0.25) is 4.79 Å². The molecule has 3 aromatic rings. The normalized spacial score (nSPS) is 15.3. The zero-order valence-corrected chi connectivity index (χ0v) is 18.7. The van der Waals surface area contributed by atoms with Crippen molar-refractivity contribution in [3.05, 3.63) is 52.5 Å². The molecule has 0 fully saturated rings. The number of carboxylic acids is 1. The lowest BCUT2D eigenvalue weighted by Crippen LogP contribution is -2.31. The van der Waals surface area contributed by atoms with Crippen molar-refractivity contribution in [2.75, 3.05) is 6.54 Å². The molecule has 0 bridgehead atoms. The maximum atomic E-state index is 11.2. The number of hydrogen-bond donors (Lipinski definition) is 2. The van der Waals surface area contributed by atoms with Crippen LogP contribution in [-0.2, 0) is 11.2 Å². The molecule has 1 aromatic heterocycles. The quantitative estimate of drug-likeness (QED) is 0.534. The Bertz CT molecular complexity index is 1080. The Morgan fingerprint density at radius 3 is 2.87 bits per heavy atom. The third-order valence-electron chi connectivity index (χ3n) is 4.94. The molecule has 4 rings (SSSR count). The molecule has 1 atom stereocenters. The van der Waals surface area contributed by atoms with Gasteiger partial charge in [0.2, 0.25) is 5.82 Å². The molecule has 0 radical (unpaired) electrons. The minimum atomic E-state index is -0.839. The average Bonchev–Trinajstić information content (AvgIpc) is 3.19. The molecule has 0 aliphatic carbocycles. The number of carbonyl (C=O) groups is 1. The summed E-state index contributed by atoms with van der Waals surface area (Å²) >= 11 is 6.33. The molecule has 2 aromatic carbocycles. The molecule has 0 saturated carbocycles. The summed E-state index contributed by atoms with van der Waals surface area (Å²) in [6.45, 7) is 4.57. The van der Waals surface area contributed by atoms with E-state index in [1.165, 1.54) is 0 Å². The molecule has 7 nitrogen and oxygen atoms in total. The number of carboxylic acid groups (broad SMARTS) is 1. The molecule has 31 heavy (non-hydrogen) atoms. The zero-order chi connectivity index (χ0) is 21.3. The van der Waals surface area contributed by atoms with Crippen LogP contribution in [-0.4, -0.2) is 33.9 Å². The molecule has 0 spiro atoms. The van der Waals surface area contributed by atoms with Crippen molar-refractivity contribution in [2.45, 2.75) is 38.8 Å². The van der Waals surface area contributed by atoms with Crippen LogP contribution in [0.3, 0.4) is 0 Å². The number of rotatable bonds is 6. The standard InChI is InChI=1S/C22H22ClN3O4.ClH/c1-12(2)29-19-7-6-13(10-17(19)23)22-25-21(26-30-22)16-5-3-4-15-14(16)8-9-24-18(15)11-20(27)28;/h3-7,10,12,18,24H,8-9,11H2,1-2H3,(H,27,28);1H. The van der Waals surface area contributed by atoms with E-state index >= 15 is 0 Å². The Hall–Kier alpha value is -2.61. The van der Waals surface area contributed by atoms with Crippen molar-refractivity contribution in [3.8, 4) is 28.6 Å². The van der Waals surface area contributed by atoms with Gasteiger partial charge in [0.25, 0.3) is 5.89 Å². The zero-order valence-electron chi connectivity index (χ0n) is 17.1. The van der Waals surface area contributed by atoms with Gasteiger partial charge in [0.05, 0.1) is 17.5 Å². The van der Waals surface area contributed by atoms with E-state index in [0.717, 1.165) is 23.1 Å². The number of nitrogens with zero attached hydrogens (tertiary/aromatic N) is 2. The van der Waals surface area contributed by atoms with Gasteiger partial charge in [-0.15, -0.1) is 12.4 Å². The highest BCUT2D eigenvalue weighted by atomic mass is 35.5. The number of aromatic nitrogens is 2. The second kappa shape index (κ2) is 9.68. The van der Waals surface area contributed by atoms with Crippen LogP contribution < -0.4 is 10.1 Å². The van der Waals surface area contributed by atoms with Crippen LogP contribution in [0, 0.1) is 0 Å². The molecular weight excluding hydrogens is 441 g/mol. The van der Waals surface area contributed by atoms with Crippen LogP contribution in [0.5, 0.6) is 5.75 Å². The number of ether oxygens (including phenoxy) is 1. The van der Waals surface area contributed by atoms with Gasteiger partial charge in [0, 0.05) is 17.2 Å². The number of halogens is 2. The summed E-state index contributed by atoms with van der Waals surface area (Å²) < 4.78 is 11.2. The first-order valence-electron chi connectivity index (χ1n) is 9.80. The molecular formula is C22H23Cl2N3O4. The van der Waals surface area contributed by atoms with E-state index < -0.39 is 5.97 Å².